The Morgan fingerprint density at radius 1 is 1.19 bits per heavy atom. The standard InChI is InChI=1S/C16H16N8O2/c1-26-5-4-24-8-13(25)22-15-16(24)21-12(7-18-15)10-2-3-11(17-6-10)14-19-9-20-23-14/h2-3,6-7,9H,4-5,8H2,1H3,(H,18,22,25)(H,19,20,23). The van der Waals surface area contributed by atoms with Crippen LogP contribution in [0.1, 0.15) is 0 Å². The maximum Gasteiger partial charge on any atom is 0.245 e. The number of hydrogen-bond donors (Lipinski definition) is 2. The lowest BCUT2D eigenvalue weighted by Gasteiger charge is -2.28. The fourth-order valence-corrected chi connectivity index (χ4v) is 2.64. The van der Waals surface area contributed by atoms with Crippen LogP contribution in [-0.2, 0) is 9.53 Å². The summed E-state index contributed by atoms with van der Waals surface area (Å²) in [4.78, 5) is 31.1. The molecule has 0 fully saturated rings. The molecule has 10 heteroatoms. The van der Waals surface area contributed by atoms with Gasteiger partial charge in [-0.15, -0.1) is 0 Å². The molecule has 1 aliphatic heterocycles. The van der Waals surface area contributed by atoms with Crippen LogP contribution in [0, 0.1) is 0 Å². The number of fused-ring (bicyclic) bond motifs is 1. The van der Waals surface area contributed by atoms with E-state index < -0.39 is 0 Å². The summed E-state index contributed by atoms with van der Waals surface area (Å²) in [7, 11) is 1.62. The summed E-state index contributed by atoms with van der Waals surface area (Å²) in [5.41, 5.74) is 2.13. The first-order valence-corrected chi connectivity index (χ1v) is 7.98. The van der Waals surface area contributed by atoms with Crippen molar-refractivity contribution in [1.82, 2.24) is 30.1 Å². The number of anilines is 2. The molecule has 3 aromatic heterocycles. The first kappa shape index (κ1) is 16.1. The lowest BCUT2D eigenvalue weighted by Crippen LogP contribution is -2.41. The molecule has 4 rings (SSSR count). The molecule has 3 aromatic rings. The molecule has 10 nitrogen and oxygen atoms in total. The van der Waals surface area contributed by atoms with Gasteiger partial charge in [0.05, 0.1) is 25.0 Å². The quantitative estimate of drug-likeness (QED) is 0.689. The van der Waals surface area contributed by atoms with Crippen LogP contribution in [-0.4, -0.2) is 62.8 Å². The molecule has 0 radical (unpaired) electrons. The number of aromatic amines is 1. The fraction of sp³-hybridized carbons (Fsp3) is 0.250. The van der Waals surface area contributed by atoms with Crippen LogP contribution in [0.2, 0.25) is 0 Å². The van der Waals surface area contributed by atoms with Crippen LogP contribution in [0.15, 0.2) is 30.9 Å². The van der Waals surface area contributed by atoms with Crippen molar-refractivity contribution >= 4 is 17.5 Å². The van der Waals surface area contributed by atoms with Crippen LogP contribution in [0.3, 0.4) is 0 Å². The average Bonchev–Trinajstić information content (AvgIpc) is 3.20. The van der Waals surface area contributed by atoms with Gasteiger partial charge in [-0.05, 0) is 12.1 Å². The number of hydrogen-bond acceptors (Lipinski definition) is 8. The van der Waals surface area contributed by atoms with Crippen molar-refractivity contribution in [2.45, 2.75) is 0 Å². The van der Waals surface area contributed by atoms with E-state index in [0.717, 1.165) is 5.56 Å². The summed E-state index contributed by atoms with van der Waals surface area (Å²) < 4.78 is 5.11. The predicted octanol–water partition coefficient (Wildman–Crippen LogP) is 0.729. The van der Waals surface area contributed by atoms with Gasteiger partial charge in [-0.1, -0.05) is 0 Å². The van der Waals surface area contributed by atoms with Gasteiger partial charge in [0.1, 0.15) is 12.0 Å². The van der Waals surface area contributed by atoms with Crippen molar-refractivity contribution in [2.24, 2.45) is 0 Å². The highest BCUT2D eigenvalue weighted by Gasteiger charge is 2.25. The summed E-state index contributed by atoms with van der Waals surface area (Å²) in [6.07, 6.45) is 4.81. The molecule has 0 atom stereocenters. The summed E-state index contributed by atoms with van der Waals surface area (Å²) in [6.45, 7) is 1.26. The third-order valence-electron chi connectivity index (χ3n) is 3.91. The van der Waals surface area contributed by atoms with Gasteiger partial charge in [-0.25, -0.2) is 15.0 Å². The Hall–Kier alpha value is -3.40. The van der Waals surface area contributed by atoms with E-state index in [9.17, 15) is 4.79 Å². The maximum absolute atomic E-state index is 11.8. The number of carbonyl (C=O) groups is 1. The highest BCUT2D eigenvalue weighted by atomic mass is 16.5. The molecule has 1 amide bonds. The molecule has 0 aromatic carbocycles. The summed E-state index contributed by atoms with van der Waals surface area (Å²) >= 11 is 0. The van der Waals surface area contributed by atoms with Gasteiger partial charge in [-0.3, -0.25) is 14.9 Å². The van der Waals surface area contributed by atoms with Crippen molar-refractivity contribution in [3.05, 3.63) is 30.9 Å². The highest BCUT2D eigenvalue weighted by Crippen LogP contribution is 2.28. The Morgan fingerprint density at radius 2 is 2.12 bits per heavy atom. The molecule has 1 aliphatic rings. The Bertz CT molecular complexity index is 911. The van der Waals surface area contributed by atoms with E-state index in [-0.39, 0.29) is 12.5 Å². The first-order valence-electron chi connectivity index (χ1n) is 7.98. The van der Waals surface area contributed by atoms with E-state index in [1.807, 2.05) is 17.0 Å². The summed E-state index contributed by atoms with van der Waals surface area (Å²) in [5.74, 6) is 1.48. The average molecular weight is 352 g/mol. The van der Waals surface area contributed by atoms with Gasteiger partial charge in [0.25, 0.3) is 0 Å². The number of nitrogens with zero attached hydrogens (tertiary/aromatic N) is 6. The van der Waals surface area contributed by atoms with Gasteiger partial charge in [0.15, 0.2) is 17.5 Å². The number of pyridine rings is 1. The van der Waals surface area contributed by atoms with Gasteiger partial charge < -0.3 is 15.0 Å². The Labute approximate surface area is 148 Å². The van der Waals surface area contributed by atoms with Crippen LogP contribution in [0.5, 0.6) is 0 Å². The van der Waals surface area contributed by atoms with E-state index in [2.05, 4.69) is 35.5 Å². The number of rotatable bonds is 5. The number of nitrogens with one attached hydrogen (secondary N) is 2. The SMILES string of the molecule is COCCN1CC(=O)Nc2ncc(-c3ccc(-c4nc[nH]n4)nc3)nc21. The smallest absolute Gasteiger partial charge is 0.245 e. The van der Waals surface area contributed by atoms with Crippen molar-refractivity contribution in [3.8, 4) is 22.8 Å². The van der Waals surface area contributed by atoms with Crippen molar-refractivity contribution in [3.63, 3.8) is 0 Å². The van der Waals surface area contributed by atoms with Crippen LogP contribution >= 0.6 is 0 Å². The minimum absolute atomic E-state index is 0.117. The van der Waals surface area contributed by atoms with Crippen molar-refractivity contribution in [2.75, 3.05) is 37.0 Å². The zero-order valence-electron chi connectivity index (χ0n) is 14.0. The Kier molecular flexibility index (Phi) is 4.23. The van der Waals surface area contributed by atoms with Crippen molar-refractivity contribution < 1.29 is 9.53 Å². The molecular weight excluding hydrogens is 336 g/mol. The normalized spacial score (nSPS) is 13.4. The Balaban J connectivity index is 1.64. The highest BCUT2D eigenvalue weighted by molar-refractivity contribution is 5.99. The van der Waals surface area contributed by atoms with E-state index in [1.54, 1.807) is 19.5 Å². The van der Waals surface area contributed by atoms with Gasteiger partial charge in [0, 0.05) is 25.4 Å². The molecule has 0 spiro atoms. The number of amides is 1. The van der Waals surface area contributed by atoms with E-state index in [1.165, 1.54) is 6.33 Å². The Morgan fingerprint density at radius 3 is 2.85 bits per heavy atom. The summed E-state index contributed by atoms with van der Waals surface area (Å²) in [6, 6.07) is 3.71. The van der Waals surface area contributed by atoms with Gasteiger partial charge in [0.2, 0.25) is 5.91 Å². The second-order valence-corrected chi connectivity index (χ2v) is 5.64. The second kappa shape index (κ2) is 6.84. The largest absolute Gasteiger partial charge is 0.383 e. The molecule has 0 saturated carbocycles. The molecule has 0 bridgehead atoms. The first-order chi connectivity index (χ1) is 12.7. The zero-order chi connectivity index (χ0) is 17.9. The lowest BCUT2D eigenvalue weighted by molar-refractivity contribution is -0.115. The van der Waals surface area contributed by atoms with Crippen LogP contribution in [0.4, 0.5) is 11.6 Å². The van der Waals surface area contributed by atoms with E-state index in [4.69, 9.17) is 4.74 Å². The molecule has 4 heterocycles. The van der Waals surface area contributed by atoms with Crippen molar-refractivity contribution in [1.29, 1.82) is 0 Å². The molecule has 132 valence electrons. The number of aromatic nitrogens is 6. The lowest BCUT2D eigenvalue weighted by atomic mass is 10.2. The monoisotopic (exact) mass is 352 g/mol. The van der Waals surface area contributed by atoms with Crippen LogP contribution in [0.25, 0.3) is 22.8 Å². The number of ether oxygens (including phenoxy) is 1. The molecular formula is C16H16N8O2. The maximum atomic E-state index is 11.8. The van der Waals surface area contributed by atoms with E-state index >= 15 is 0 Å². The predicted molar refractivity (Wildman–Crippen MR) is 93.4 cm³/mol. The minimum atomic E-state index is -0.117. The fourth-order valence-electron chi connectivity index (χ4n) is 2.64. The molecule has 0 saturated heterocycles. The number of carbonyl (C=O) groups excluding carboxylic acids is 1. The zero-order valence-corrected chi connectivity index (χ0v) is 14.0. The minimum Gasteiger partial charge on any atom is -0.383 e. The van der Waals surface area contributed by atoms with Crippen LogP contribution < -0.4 is 10.2 Å². The molecule has 26 heavy (non-hydrogen) atoms. The number of methoxy groups -OCH3 is 1. The molecule has 0 aliphatic carbocycles. The number of H-pyrrole nitrogens is 1. The molecule has 0 unspecified atom stereocenters. The third kappa shape index (κ3) is 3.09. The molecule has 2 N–H and O–H groups in total. The third-order valence-corrected chi connectivity index (χ3v) is 3.91. The topological polar surface area (TPSA) is 122 Å². The van der Waals surface area contributed by atoms with Gasteiger partial charge in [-0.2, -0.15) is 5.10 Å². The van der Waals surface area contributed by atoms with E-state index in [0.29, 0.717) is 42.0 Å². The summed E-state index contributed by atoms with van der Waals surface area (Å²) in [5, 5.41) is 9.41. The van der Waals surface area contributed by atoms with Gasteiger partial charge >= 0.3 is 0 Å². The second-order valence-electron chi connectivity index (χ2n) is 5.64.